The van der Waals surface area contributed by atoms with Crippen LogP contribution in [0.25, 0.3) is 0 Å². The Morgan fingerprint density at radius 2 is 1.93 bits per heavy atom. The van der Waals surface area contributed by atoms with Crippen molar-refractivity contribution in [3.63, 3.8) is 0 Å². The van der Waals surface area contributed by atoms with Gasteiger partial charge in [-0.1, -0.05) is 30.3 Å². The van der Waals surface area contributed by atoms with Gasteiger partial charge in [-0.25, -0.2) is 4.79 Å². The molecule has 148 valence electrons. The number of thiophene rings is 1. The molecule has 1 atom stereocenters. The van der Waals surface area contributed by atoms with Crippen molar-refractivity contribution >= 4 is 34.1 Å². The van der Waals surface area contributed by atoms with Crippen LogP contribution in [0, 0.1) is 0 Å². The van der Waals surface area contributed by atoms with E-state index in [0.29, 0.717) is 16.5 Å². The Morgan fingerprint density at radius 3 is 2.54 bits per heavy atom. The van der Waals surface area contributed by atoms with Crippen LogP contribution in [0.15, 0.2) is 35.7 Å². The Morgan fingerprint density at radius 1 is 1.21 bits per heavy atom. The largest absolute Gasteiger partial charge is 0.462 e. The van der Waals surface area contributed by atoms with E-state index in [4.69, 9.17) is 4.74 Å². The molecule has 1 aliphatic carbocycles. The minimum atomic E-state index is -0.437. The summed E-state index contributed by atoms with van der Waals surface area (Å²) in [7, 11) is 0. The van der Waals surface area contributed by atoms with E-state index in [1.54, 1.807) is 6.92 Å². The number of anilines is 1. The Kier molecular flexibility index (Phi) is 6.46. The van der Waals surface area contributed by atoms with Crippen LogP contribution in [-0.4, -0.2) is 24.4 Å². The molecule has 1 heterocycles. The van der Waals surface area contributed by atoms with Crippen molar-refractivity contribution < 1.29 is 19.1 Å². The fourth-order valence-corrected chi connectivity index (χ4v) is 4.16. The third kappa shape index (κ3) is 4.98. The van der Waals surface area contributed by atoms with Crippen LogP contribution < -0.4 is 10.6 Å². The number of nitrogens with one attached hydrogen (secondary N) is 2. The first kappa shape index (κ1) is 20.1. The molecule has 0 bridgehead atoms. The monoisotopic (exact) mass is 400 g/mol. The molecule has 3 rings (SSSR count). The summed E-state index contributed by atoms with van der Waals surface area (Å²) in [6.45, 7) is 3.47. The Labute approximate surface area is 168 Å². The molecular formula is C21H24N2O4S. The molecule has 2 N–H and O–H groups in total. The fraction of sp³-hybridized carbons (Fsp3) is 0.381. The van der Waals surface area contributed by atoms with Crippen LogP contribution in [-0.2, 0) is 14.3 Å². The van der Waals surface area contributed by atoms with Crippen molar-refractivity contribution in [2.45, 2.75) is 45.1 Å². The van der Waals surface area contributed by atoms with Crippen molar-refractivity contribution in [3.8, 4) is 0 Å². The SMILES string of the molecule is CCOC(=O)c1c(C2CC2)csc1NC(=O)CC(NC(C)=O)c1ccccc1. The number of benzene rings is 1. The van der Waals surface area contributed by atoms with Crippen LogP contribution in [0.1, 0.15) is 66.6 Å². The van der Waals surface area contributed by atoms with Crippen LogP contribution in [0.3, 0.4) is 0 Å². The Hall–Kier alpha value is -2.67. The van der Waals surface area contributed by atoms with Crippen LogP contribution in [0.4, 0.5) is 5.00 Å². The van der Waals surface area contributed by atoms with Gasteiger partial charge in [0.1, 0.15) is 5.00 Å². The average Bonchev–Trinajstić information content (AvgIpc) is 3.42. The summed E-state index contributed by atoms with van der Waals surface area (Å²) < 4.78 is 5.19. The minimum absolute atomic E-state index is 0.0719. The molecule has 1 fully saturated rings. The van der Waals surface area contributed by atoms with Gasteiger partial charge in [-0.2, -0.15) is 0 Å². The number of carbonyl (C=O) groups is 3. The van der Waals surface area contributed by atoms with E-state index < -0.39 is 12.0 Å². The van der Waals surface area contributed by atoms with Gasteiger partial charge >= 0.3 is 5.97 Å². The first-order valence-electron chi connectivity index (χ1n) is 9.40. The summed E-state index contributed by atoms with van der Waals surface area (Å²) in [4.78, 5) is 36.7. The fourth-order valence-electron chi connectivity index (χ4n) is 3.12. The van der Waals surface area contributed by atoms with Crippen molar-refractivity contribution in [2.75, 3.05) is 11.9 Å². The van der Waals surface area contributed by atoms with E-state index in [1.165, 1.54) is 18.3 Å². The standard InChI is InChI=1S/C21H24N2O4S/c1-3-27-21(26)19-16(14-9-10-14)12-28-20(19)23-18(25)11-17(22-13(2)24)15-7-5-4-6-8-15/h4-8,12,14,17H,3,9-11H2,1-2H3,(H,22,24)(H,23,25). The maximum absolute atomic E-state index is 12.7. The van der Waals surface area contributed by atoms with Gasteiger partial charge in [0.25, 0.3) is 0 Å². The third-order valence-corrected chi connectivity index (χ3v) is 5.45. The highest BCUT2D eigenvalue weighted by Gasteiger charge is 2.32. The van der Waals surface area contributed by atoms with Crippen LogP contribution >= 0.6 is 11.3 Å². The summed E-state index contributed by atoms with van der Waals surface area (Å²) in [6, 6.07) is 8.91. The summed E-state index contributed by atoms with van der Waals surface area (Å²) in [6.07, 6.45) is 2.17. The number of hydrogen-bond donors (Lipinski definition) is 2. The molecule has 2 aromatic rings. The van der Waals surface area contributed by atoms with Crippen LogP contribution in [0.5, 0.6) is 0 Å². The Balaban J connectivity index is 1.76. The van der Waals surface area contributed by atoms with Gasteiger partial charge < -0.3 is 15.4 Å². The minimum Gasteiger partial charge on any atom is -0.462 e. The molecule has 6 nitrogen and oxygen atoms in total. The summed E-state index contributed by atoms with van der Waals surface area (Å²) in [5.74, 6) is -0.501. The van der Waals surface area contributed by atoms with Crippen molar-refractivity contribution in [1.82, 2.24) is 5.32 Å². The zero-order valence-corrected chi connectivity index (χ0v) is 16.8. The number of carbonyl (C=O) groups excluding carboxylic acids is 3. The lowest BCUT2D eigenvalue weighted by Crippen LogP contribution is -2.29. The molecule has 1 unspecified atom stereocenters. The molecule has 1 saturated carbocycles. The topological polar surface area (TPSA) is 84.5 Å². The first-order chi connectivity index (χ1) is 13.5. The second kappa shape index (κ2) is 9.01. The lowest BCUT2D eigenvalue weighted by atomic mass is 10.0. The maximum atomic E-state index is 12.7. The number of amides is 2. The lowest BCUT2D eigenvalue weighted by molar-refractivity contribution is -0.120. The number of hydrogen-bond acceptors (Lipinski definition) is 5. The quantitative estimate of drug-likeness (QED) is 0.656. The molecule has 1 aromatic heterocycles. The highest BCUT2D eigenvalue weighted by Crippen LogP contribution is 2.46. The molecule has 0 spiro atoms. The second-order valence-corrected chi connectivity index (χ2v) is 7.69. The van der Waals surface area contributed by atoms with Gasteiger partial charge in [-0.15, -0.1) is 11.3 Å². The van der Waals surface area contributed by atoms with Crippen LogP contribution in [0.2, 0.25) is 0 Å². The molecule has 0 aliphatic heterocycles. The number of esters is 1. The van der Waals surface area contributed by atoms with E-state index in [1.807, 2.05) is 35.7 Å². The number of ether oxygens (including phenoxy) is 1. The average molecular weight is 401 g/mol. The number of rotatable bonds is 8. The molecule has 2 amide bonds. The van der Waals surface area contributed by atoms with Gasteiger partial charge in [0.2, 0.25) is 11.8 Å². The van der Waals surface area contributed by atoms with E-state index in [9.17, 15) is 14.4 Å². The predicted molar refractivity (Wildman–Crippen MR) is 108 cm³/mol. The van der Waals surface area contributed by atoms with E-state index >= 15 is 0 Å². The normalized spacial score (nSPS) is 14.2. The van der Waals surface area contributed by atoms with Gasteiger partial charge in [0.05, 0.1) is 24.6 Å². The Bertz CT molecular complexity index is 859. The van der Waals surface area contributed by atoms with Gasteiger partial charge in [-0.3, -0.25) is 9.59 Å². The zero-order valence-electron chi connectivity index (χ0n) is 16.0. The molecule has 7 heteroatoms. The summed E-state index contributed by atoms with van der Waals surface area (Å²) in [5, 5.41) is 8.12. The predicted octanol–water partition coefficient (Wildman–Crippen LogP) is 4.01. The highest BCUT2D eigenvalue weighted by molar-refractivity contribution is 7.15. The molecule has 1 aliphatic rings. The highest BCUT2D eigenvalue weighted by atomic mass is 32.1. The van der Waals surface area contributed by atoms with Gasteiger partial charge in [0, 0.05) is 6.92 Å². The van der Waals surface area contributed by atoms with E-state index in [-0.39, 0.29) is 24.8 Å². The zero-order chi connectivity index (χ0) is 20.1. The lowest BCUT2D eigenvalue weighted by Gasteiger charge is -2.18. The summed E-state index contributed by atoms with van der Waals surface area (Å²) in [5.41, 5.74) is 2.28. The van der Waals surface area contributed by atoms with E-state index in [0.717, 1.165) is 24.0 Å². The molecule has 1 aromatic carbocycles. The van der Waals surface area contributed by atoms with Crippen molar-refractivity contribution in [1.29, 1.82) is 0 Å². The molecule has 0 radical (unpaired) electrons. The summed E-state index contributed by atoms with van der Waals surface area (Å²) >= 11 is 1.34. The van der Waals surface area contributed by atoms with Crippen molar-refractivity contribution in [2.24, 2.45) is 0 Å². The third-order valence-electron chi connectivity index (χ3n) is 4.54. The molecule has 28 heavy (non-hydrogen) atoms. The first-order valence-corrected chi connectivity index (χ1v) is 10.3. The van der Waals surface area contributed by atoms with E-state index in [2.05, 4.69) is 10.6 Å². The van der Waals surface area contributed by atoms with Gasteiger partial charge in [-0.05, 0) is 42.2 Å². The van der Waals surface area contributed by atoms with Crippen molar-refractivity contribution in [3.05, 3.63) is 52.4 Å². The maximum Gasteiger partial charge on any atom is 0.341 e. The second-order valence-electron chi connectivity index (χ2n) is 6.81. The molecule has 0 saturated heterocycles. The van der Waals surface area contributed by atoms with Gasteiger partial charge in [0.15, 0.2) is 0 Å². The molecular weight excluding hydrogens is 376 g/mol. The smallest absolute Gasteiger partial charge is 0.341 e.